The van der Waals surface area contributed by atoms with E-state index >= 15 is 0 Å². The van der Waals surface area contributed by atoms with Gasteiger partial charge in [-0.2, -0.15) is 4.98 Å². The summed E-state index contributed by atoms with van der Waals surface area (Å²) in [6.07, 6.45) is 1.67. The number of nitrogen functional groups attached to an aromatic ring is 1. The van der Waals surface area contributed by atoms with E-state index in [0.29, 0.717) is 40.0 Å². The Morgan fingerprint density at radius 1 is 1.29 bits per heavy atom. The van der Waals surface area contributed by atoms with Gasteiger partial charge in [-0.15, -0.1) is 6.58 Å². The van der Waals surface area contributed by atoms with E-state index in [1.165, 1.54) is 17.8 Å². The van der Waals surface area contributed by atoms with Gasteiger partial charge < -0.3 is 15.3 Å². The molecule has 7 nitrogen and oxygen atoms in total. The summed E-state index contributed by atoms with van der Waals surface area (Å²) >= 11 is 1.28. The monoisotopic (exact) mass is 341 g/mol. The van der Waals surface area contributed by atoms with Crippen molar-refractivity contribution in [3.63, 3.8) is 0 Å². The Morgan fingerprint density at radius 2 is 2.08 bits per heavy atom. The average Bonchev–Trinajstić information content (AvgIpc) is 2.56. The molecule has 8 heteroatoms. The van der Waals surface area contributed by atoms with Crippen molar-refractivity contribution in [1.29, 1.82) is 0 Å². The molecule has 0 saturated carbocycles. The van der Waals surface area contributed by atoms with Crippen LogP contribution in [0.4, 0.5) is 5.82 Å². The third-order valence-electron chi connectivity index (χ3n) is 3.33. The summed E-state index contributed by atoms with van der Waals surface area (Å²) in [5.41, 5.74) is 5.89. The summed E-state index contributed by atoms with van der Waals surface area (Å²) in [6, 6.07) is 8.39. The molecule has 0 amide bonds. The zero-order valence-corrected chi connectivity index (χ0v) is 13.5. The lowest BCUT2D eigenvalue weighted by molar-refractivity contribution is 0.687. The number of nitrogens with two attached hydrogens (primary N) is 1. The molecule has 0 fully saturated rings. The van der Waals surface area contributed by atoms with Crippen LogP contribution >= 0.6 is 11.8 Å². The summed E-state index contributed by atoms with van der Waals surface area (Å²) in [6.45, 7) is 4.11. The molecule has 3 N–H and O–H groups in total. The Bertz CT molecular complexity index is 1020. The van der Waals surface area contributed by atoms with Crippen LogP contribution < -0.4 is 16.9 Å². The molecule has 1 aromatic carbocycles. The molecule has 0 aliphatic rings. The second-order valence-electron chi connectivity index (χ2n) is 5.02. The highest BCUT2D eigenvalue weighted by molar-refractivity contribution is 7.98. The van der Waals surface area contributed by atoms with Gasteiger partial charge in [0.05, 0.1) is 16.7 Å². The predicted octanol–water partition coefficient (Wildman–Crippen LogP) is 1.54. The number of aromatic amines is 1. The number of thioether (sulfide) groups is 1. The smallest absolute Gasteiger partial charge is 0.275 e. The highest BCUT2D eigenvalue weighted by atomic mass is 32.2. The number of H-pyrrole nitrogens is 1. The number of anilines is 1. The Morgan fingerprint density at radius 3 is 2.88 bits per heavy atom. The minimum Gasteiger partial charge on any atom is -0.385 e. The molecule has 3 rings (SSSR count). The SMILES string of the molecule is C=CCn1c(N)cc(=O)nc1SCc1nc2ccccc2c(=O)[nH]1. The van der Waals surface area contributed by atoms with Gasteiger partial charge in [0.1, 0.15) is 11.6 Å². The van der Waals surface area contributed by atoms with Crippen LogP contribution in [0.25, 0.3) is 10.9 Å². The number of nitrogens with zero attached hydrogens (tertiary/aromatic N) is 3. The van der Waals surface area contributed by atoms with Crippen molar-refractivity contribution < 1.29 is 0 Å². The van der Waals surface area contributed by atoms with Crippen LogP contribution in [-0.4, -0.2) is 19.5 Å². The topological polar surface area (TPSA) is 107 Å². The molecular formula is C16H15N5O2S. The zero-order chi connectivity index (χ0) is 17.1. The summed E-state index contributed by atoms with van der Waals surface area (Å²) in [5, 5.41) is 0.993. The zero-order valence-electron chi connectivity index (χ0n) is 12.7. The number of aromatic nitrogens is 4. The summed E-state index contributed by atoms with van der Waals surface area (Å²) in [4.78, 5) is 34.8. The molecule has 0 radical (unpaired) electrons. The Balaban J connectivity index is 1.92. The van der Waals surface area contributed by atoms with Crippen molar-refractivity contribution in [1.82, 2.24) is 19.5 Å². The van der Waals surface area contributed by atoms with E-state index in [0.717, 1.165) is 0 Å². The first kappa shape index (κ1) is 16.0. The molecule has 0 aliphatic heterocycles. The standard InChI is InChI=1S/C16H15N5O2S/c1-2-7-21-12(17)8-14(22)20-16(21)24-9-13-18-11-6-4-3-5-10(11)15(23)19-13/h2-6,8H,1,7,9,17H2,(H,18,19,23). The molecule has 0 saturated heterocycles. The van der Waals surface area contributed by atoms with Gasteiger partial charge in [-0.25, -0.2) is 4.98 Å². The maximum absolute atomic E-state index is 12.1. The molecule has 0 aliphatic carbocycles. The van der Waals surface area contributed by atoms with Gasteiger partial charge in [-0.3, -0.25) is 9.59 Å². The molecule has 0 unspecified atom stereocenters. The van der Waals surface area contributed by atoms with E-state index in [1.807, 2.05) is 6.07 Å². The van der Waals surface area contributed by atoms with Crippen LogP contribution in [0.1, 0.15) is 5.82 Å². The van der Waals surface area contributed by atoms with Gasteiger partial charge in [-0.05, 0) is 12.1 Å². The van der Waals surface area contributed by atoms with E-state index in [1.54, 1.807) is 28.8 Å². The van der Waals surface area contributed by atoms with Crippen LogP contribution in [0.15, 0.2) is 57.7 Å². The second kappa shape index (κ2) is 6.71. The first-order valence-corrected chi connectivity index (χ1v) is 8.16. The van der Waals surface area contributed by atoms with Gasteiger partial charge in [0.15, 0.2) is 5.16 Å². The number of nitrogens with one attached hydrogen (secondary N) is 1. The molecule has 122 valence electrons. The maximum atomic E-state index is 12.1. The predicted molar refractivity (Wildman–Crippen MR) is 95.0 cm³/mol. The normalized spacial score (nSPS) is 10.8. The third-order valence-corrected chi connectivity index (χ3v) is 4.32. The van der Waals surface area contributed by atoms with Crippen LogP contribution in [0, 0.1) is 0 Å². The minimum absolute atomic E-state index is 0.194. The Kier molecular flexibility index (Phi) is 4.48. The van der Waals surface area contributed by atoms with Gasteiger partial charge >= 0.3 is 0 Å². The fourth-order valence-electron chi connectivity index (χ4n) is 2.26. The Hall–Kier alpha value is -2.87. The highest BCUT2D eigenvalue weighted by Crippen LogP contribution is 2.20. The lowest BCUT2D eigenvalue weighted by Gasteiger charge is -2.12. The van der Waals surface area contributed by atoms with E-state index in [9.17, 15) is 9.59 Å². The number of benzene rings is 1. The largest absolute Gasteiger partial charge is 0.385 e. The van der Waals surface area contributed by atoms with E-state index in [2.05, 4.69) is 21.5 Å². The number of para-hydroxylation sites is 1. The van der Waals surface area contributed by atoms with Gasteiger partial charge in [0.2, 0.25) is 0 Å². The molecule has 0 spiro atoms. The average molecular weight is 341 g/mol. The van der Waals surface area contributed by atoms with Crippen LogP contribution in [0.5, 0.6) is 0 Å². The van der Waals surface area contributed by atoms with Gasteiger partial charge in [-0.1, -0.05) is 30.0 Å². The first-order valence-electron chi connectivity index (χ1n) is 7.17. The van der Waals surface area contributed by atoms with E-state index in [4.69, 9.17) is 5.73 Å². The Labute approximate surface area is 141 Å². The van der Waals surface area contributed by atoms with Crippen molar-refractivity contribution in [2.45, 2.75) is 17.5 Å². The highest BCUT2D eigenvalue weighted by Gasteiger charge is 2.09. The fourth-order valence-corrected chi connectivity index (χ4v) is 3.15. The molecule has 2 aromatic heterocycles. The maximum Gasteiger partial charge on any atom is 0.275 e. The fraction of sp³-hybridized carbons (Fsp3) is 0.125. The molecule has 2 heterocycles. The second-order valence-corrected chi connectivity index (χ2v) is 5.96. The van der Waals surface area contributed by atoms with E-state index in [-0.39, 0.29) is 5.56 Å². The molecule has 0 bridgehead atoms. The molecule has 24 heavy (non-hydrogen) atoms. The lowest BCUT2D eigenvalue weighted by atomic mass is 10.2. The summed E-state index contributed by atoms with van der Waals surface area (Å²) in [5.74, 6) is 1.18. The number of hydrogen-bond donors (Lipinski definition) is 2. The van der Waals surface area contributed by atoms with E-state index < -0.39 is 5.56 Å². The van der Waals surface area contributed by atoms with Crippen molar-refractivity contribution in [3.8, 4) is 0 Å². The van der Waals surface area contributed by atoms with Crippen molar-refractivity contribution in [3.05, 3.63) is 69.5 Å². The van der Waals surface area contributed by atoms with Gasteiger partial charge in [0.25, 0.3) is 11.1 Å². The molecule has 3 aromatic rings. The molecule has 0 atom stereocenters. The molecular weight excluding hydrogens is 326 g/mol. The van der Waals surface area contributed by atoms with Crippen LogP contribution in [0.2, 0.25) is 0 Å². The number of allylic oxidation sites excluding steroid dienone is 1. The minimum atomic E-state index is -0.407. The first-order chi connectivity index (χ1) is 11.6. The van der Waals surface area contributed by atoms with Crippen LogP contribution in [-0.2, 0) is 12.3 Å². The van der Waals surface area contributed by atoms with Crippen molar-refractivity contribution >= 4 is 28.5 Å². The number of hydrogen-bond acceptors (Lipinski definition) is 6. The number of fused-ring (bicyclic) bond motifs is 1. The third kappa shape index (κ3) is 3.23. The van der Waals surface area contributed by atoms with Crippen LogP contribution in [0.3, 0.4) is 0 Å². The number of rotatable bonds is 5. The van der Waals surface area contributed by atoms with Gasteiger partial charge in [0, 0.05) is 12.6 Å². The van der Waals surface area contributed by atoms with Crippen molar-refractivity contribution in [2.75, 3.05) is 5.73 Å². The summed E-state index contributed by atoms with van der Waals surface area (Å²) < 4.78 is 1.68. The van der Waals surface area contributed by atoms with Crippen molar-refractivity contribution in [2.24, 2.45) is 0 Å². The summed E-state index contributed by atoms with van der Waals surface area (Å²) in [7, 11) is 0. The lowest BCUT2D eigenvalue weighted by Crippen LogP contribution is -2.17. The quantitative estimate of drug-likeness (QED) is 0.414.